The molecule has 4 nitrogen and oxygen atoms in total. The lowest BCUT2D eigenvalue weighted by Crippen LogP contribution is -2.45. The first-order valence-electron chi connectivity index (χ1n) is 7.32. The predicted octanol–water partition coefficient (Wildman–Crippen LogP) is 1.97. The van der Waals surface area contributed by atoms with Crippen LogP contribution >= 0.6 is 0 Å². The lowest BCUT2D eigenvalue weighted by molar-refractivity contribution is 0.510. The van der Waals surface area contributed by atoms with E-state index in [0.717, 1.165) is 38.3 Å². The topological polar surface area (TPSA) is 47.1 Å². The summed E-state index contributed by atoms with van der Waals surface area (Å²) in [5, 5.41) is 0. The monoisotopic (exact) mass is 270 g/mol. The van der Waals surface area contributed by atoms with Crippen LogP contribution in [-0.2, 0) is 13.0 Å². The first kappa shape index (κ1) is 13.2. The van der Waals surface area contributed by atoms with Crippen molar-refractivity contribution in [3.8, 4) is 0 Å². The summed E-state index contributed by atoms with van der Waals surface area (Å²) in [5.74, 6) is 1.07. The minimum atomic E-state index is 0.453. The van der Waals surface area contributed by atoms with Crippen molar-refractivity contribution in [2.24, 2.45) is 5.73 Å². The molecule has 0 saturated heterocycles. The molecule has 0 aliphatic carbocycles. The van der Waals surface area contributed by atoms with Crippen molar-refractivity contribution in [2.75, 3.05) is 18.0 Å². The standard InChI is InChI=1S/C16H22N4/c1-13-18-8-9-19(13)10-11-20-15(12-17)7-6-14-4-2-3-5-16(14)20/h2-5,8-9,15H,6-7,10-12,17H2,1H3. The molecule has 0 amide bonds. The molecule has 106 valence electrons. The Balaban J connectivity index is 1.80. The minimum Gasteiger partial charge on any atom is -0.365 e. The molecule has 1 atom stereocenters. The molecule has 3 rings (SSSR count). The van der Waals surface area contributed by atoms with Crippen LogP contribution in [0.1, 0.15) is 17.8 Å². The molecule has 2 heterocycles. The highest BCUT2D eigenvalue weighted by molar-refractivity contribution is 5.56. The van der Waals surface area contributed by atoms with Gasteiger partial charge in [-0.05, 0) is 31.4 Å². The third-order valence-corrected chi connectivity index (χ3v) is 4.27. The fourth-order valence-electron chi connectivity index (χ4n) is 3.08. The van der Waals surface area contributed by atoms with E-state index in [1.165, 1.54) is 11.3 Å². The van der Waals surface area contributed by atoms with Crippen LogP contribution in [0, 0.1) is 6.92 Å². The van der Waals surface area contributed by atoms with Crippen molar-refractivity contribution in [3.63, 3.8) is 0 Å². The van der Waals surface area contributed by atoms with Gasteiger partial charge in [0, 0.05) is 43.8 Å². The summed E-state index contributed by atoms with van der Waals surface area (Å²) >= 11 is 0. The molecule has 2 aromatic rings. The number of anilines is 1. The van der Waals surface area contributed by atoms with Gasteiger partial charge in [0.25, 0.3) is 0 Å². The second-order valence-electron chi connectivity index (χ2n) is 5.42. The molecule has 1 aliphatic heterocycles. The summed E-state index contributed by atoms with van der Waals surface area (Å²) in [6.07, 6.45) is 6.19. The molecule has 0 saturated carbocycles. The Morgan fingerprint density at radius 3 is 2.90 bits per heavy atom. The van der Waals surface area contributed by atoms with Gasteiger partial charge >= 0.3 is 0 Å². The third kappa shape index (κ3) is 2.43. The molecule has 20 heavy (non-hydrogen) atoms. The van der Waals surface area contributed by atoms with E-state index in [2.05, 4.69) is 38.7 Å². The van der Waals surface area contributed by atoms with E-state index in [9.17, 15) is 0 Å². The number of nitrogens with zero attached hydrogens (tertiary/aromatic N) is 3. The van der Waals surface area contributed by atoms with E-state index < -0.39 is 0 Å². The van der Waals surface area contributed by atoms with E-state index in [1.807, 2.05) is 19.3 Å². The van der Waals surface area contributed by atoms with E-state index in [-0.39, 0.29) is 0 Å². The normalized spacial score (nSPS) is 18.1. The van der Waals surface area contributed by atoms with E-state index >= 15 is 0 Å². The van der Waals surface area contributed by atoms with Gasteiger partial charge < -0.3 is 15.2 Å². The van der Waals surface area contributed by atoms with Crippen LogP contribution < -0.4 is 10.6 Å². The molecular weight excluding hydrogens is 248 g/mol. The maximum Gasteiger partial charge on any atom is 0.105 e. The number of fused-ring (bicyclic) bond motifs is 1. The lowest BCUT2D eigenvalue weighted by Gasteiger charge is -2.38. The second kappa shape index (κ2) is 5.67. The highest BCUT2D eigenvalue weighted by Gasteiger charge is 2.24. The fourth-order valence-corrected chi connectivity index (χ4v) is 3.08. The Labute approximate surface area is 120 Å². The second-order valence-corrected chi connectivity index (χ2v) is 5.42. The molecule has 0 bridgehead atoms. The van der Waals surface area contributed by atoms with E-state index in [0.29, 0.717) is 6.04 Å². The number of rotatable bonds is 4. The van der Waals surface area contributed by atoms with Crippen LogP contribution in [0.5, 0.6) is 0 Å². The zero-order valence-electron chi connectivity index (χ0n) is 12.0. The van der Waals surface area contributed by atoms with Crippen molar-refractivity contribution >= 4 is 5.69 Å². The number of aromatic nitrogens is 2. The summed E-state index contributed by atoms with van der Waals surface area (Å²) < 4.78 is 2.20. The number of para-hydroxylation sites is 1. The zero-order valence-corrected chi connectivity index (χ0v) is 12.0. The Morgan fingerprint density at radius 1 is 1.30 bits per heavy atom. The van der Waals surface area contributed by atoms with Gasteiger partial charge in [-0.25, -0.2) is 4.98 Å². The van der Waals surface area contributed by atoms with Crippen molar-refractivity contribution < 1.29 is 0 Å². The Bertz CT molecular complexity index is 575. The summed E-state index contributed by atoms with van der Waals surface area (Å²) in [5.41, 5.74) is 8.77. The number of nitrogens with two attached hydrogens (primary N) is 1. The molecule has 2 N–H and O–H groups in total. The SMILES string of the molecule is Cc1nccn1CCN1c2ccccc2CCC1CN. The first-order chi connectivity index (χ1) is 9.79. The number of aryl methyl sites for hydroxylation is 2. The Hall–Kier alpha value is -1.81. The van der Waals surface area contributed by atoms with E-state index in [4.69, 9.17) is 5.73 Å². The molecule has 1 aliphatic rings. The highest BCUT2D eigenvalue weighted by atomic mass is 15.2. The fraction of sp³-hybridized carbons (Fsp3) is 0.438. The molecule has 1 aromatic carbocycles. The molecule has 1 unspecified atom stereocenters. The lowest BCUT2D eigenvalue weighted by atomic mass is 9.96. The molecule has 4 heteroatoms. The maximum atomic E-state index is 5.97. The molecule has 0 fully saturated rings. The largest absolute Gasteiger partial charge is 0.365 e. The Kier molecular flexibility index (Phi) is 3.74. The third-order valence-electron chi connectivity index (χ3n) is 4.27. The van der Waals surface area contributed by atoms with Gasteiger partial charge in [0.1, 0.15) is 5.82 Å². The quantitative estimate of drug-likeness (QED) is 0.924. The number of benzene rings is 1. The van der Waals surface area contributed by atoms with Gasteiger partial charge in [-0.1, -0.05) is 18.2 Å². The summed E-state index contributed by atoms with van der Waals surface area (Å²) in [6.45, 7) is 4.70. The van der Waals surface area contributed by atoms with Gasteiger partial charge in [0.15, 0.2) is 0 Å². The van der Waals surface area contributed by atoms with Gasteiger partial charge in [0.05, 0.1) is 0 Å². The average molecular weight is 270 g/mol. The van der Waals surface area contributed by atoms with Crippen molar-refractivity contribution in [3.05, 3.63) is 48.0 Å². The number of hydrogen-bond acceptors (Lipinski definition) is 3. The average Bonchev–Trinajstić information content (AvgIpc) is 2.90. The van der Waals surface area contributed by atoms with Crippen LogP contribution in [0.4, 0.5) is 5.69 Å². The Morgan fingerprint density at radius 2 is 2.15 bits per heavy atom. The summed E-state index contributed by atoms with van der Waals surface area (Å²) in [7, 11) is 0. The molecule has 1 aromatic heterocycles. The predicted molar refractivity (Wildman–Crippen MR) is 81.9 cm³/mol. The zero-order chi connectivity index (χ0) is 13.9. The van der Waals surface area contributed by atoms with Crippen LogP contribution in [-0.4, -0.2) is 28.7 Å². The highest BCUT2D eigenvalue weighted by Crippen LogP contribution is 2.30. The number of hydrogen-bond donors (Lipinski definition) is 1. The van der Waals surface area contributed by atoms with Crippen LogP contribution in [0.2, 0.25) is 0 Å². The van der Waals surface area contributed by atoms with Gasteiger partial charge in [-0.15, -0.1) is 0 Å². The van der Waals surface area contributed by atoms with Crippen LogP contribution in [0.15, 0.2) is 36.7 Å². The first-order valence-corrected chi connectivity index (χ1v) is 7.32. The summed E-state index contributed by atoms with van der Waals surface area (Å²) in [6, 6.07) is 9.15. The molecule has 0 spiro atoms. The van der Waals surface area contributed by atoms with Gasteiger partial charge in [-0.2, -0.15) is 0 Å². The van der Waals surface area contributed by atoms with Crippen molar-refractivity contribution in [2.45, 2.75) is 32.4 Å². The maximum absolute atomic E-state index is 5.97. The summed E-state index contributed by atoms with van der Waals surface area (Å²) in [4.78, 5) is 6.75. The minimum absolute atomic E-state index is 0.453. The van der Waals surface area contributed by atoms with Crippen molar-refractivity contribution in [1.29, 1.82) is 0 Å². The number of imidazole rings is 1. The van der Waals surface area contributed by atoms with Crippen LogP contribution in [0.25, 0.3) is 0 Å². The van der Waals surface area contributed by atoms with E-state index in [1.54, 1.807) is 0 Å². The van der Waals surface area contributed by atoms with Crippen molar-refractivity contribution in [1.82, 2.24) is 9.55 Å². The molecule has 0 radical (unpaired) electrons. The van der Waals surface area contributed by atoms with Crippen LogP contribution in [0.3, 0.4) is 0 Å². The van der Waals surface area contributed by atoms with Gasteiger partial charge in [0.2, 0.25) is 0 Å². The van der Waals surface area contributed by atoms with Gasteiger partial charge in [-0.3, -0.25) is 0 Å². The molecular formula is C16H22N4. The smallest absolute Gasteiger partial charge is 0.105 e.